The van der Waals surface area contributed by atoms with E-state index in [0.717, 1.165) is 24.2 Å². The summed E-state index contributed by atoms with van der Waals surface area (Å²) in [5, 5.41) is 2.72. The fourth-order valence-corrected chi connectivity index (χ4v) is 3.47. The Morgan fingerprint density at radius 2 is 1.82 bits per heavy atom. The van der Waals surface area contributed by atoms with Gasteiger partial charge < -0.3 is 10.1 Å². The molecule has 1 aliphatic carbocycles. The number of fused-ring (bicyclic) bond motifs is 1. The maximum atomic E-state index is 12.4. The molecule has 7 heteroatoms. The number of carbonyl (C=O) groups is 4. The molecule has 0 fully saturated rings. The molecule has 148 valence electrons. The molecule has 28 heavy (non-hydrogen) atoms. The molecule has 0 bridgehead atoms. The maximum absolute atomic E-state index is 12.4. The summed E-state index contributed by atoms with van der Waals surface area (Å²) in [6, 6.07) is 5.30. The van der Waals surface area contributed by atoms with Crippen LogP contribution in [-0.4, -0.2) is 47.8 Å². The van der Waals surface area contributed by atoms with Crippen molar-refractivity contribution in [2.24, 2.45) is 0 Å². The molecule has 1 heterocycles. The lowest BCUT2D eigenvalue weighted by Crippen LogP contribution is -2.44. The number of hydrogen-bond acceptors (Lipinski definition) is 5. The van der Waals surface area contributed by atoms with Gasteiger partial charge in [-0.05, 0) is 51.2 Å². The van der Waals surface area contributed by atoms with Gasteiger partial charge in [0.2, 0.25) is 0 Å². The zero-order valence-corrected chi connectivity index (χ0v) is 15.9. The molecule has 0 saturated carbocycles. The van der Waals surface area contributed by atoms with Gasteiger partial charge in [-0.2, -0.15) is 0 Å². The van der Waals surface area contributed by atoms with E-state index in [-0.39, 0.29) is 11.1 Å². The summed E-state index contributed by atoms with van der Waals surface area (Å²) in [4.78, 5) is 49.8. The van der Waals surface area contributed by atoms with Crippen molar-refractivity contribution in [1.29, 1.82) is 0 Å². The first-order valence-corrected chi connectivity index (χ1v) is 9.57. The van der Waals surface area contributed by atoms with Crippen LogP contribution in [0.25, 0.3) is 0 Å². The molecule has 1 aliphatic heterocycles. The van der Waals surface area contributed by atoms with Crippen LogP contribution in [0.2, 0.25) is 0 Å². The fourth-order valence-electron chi connectivity index (χ4n) is 3.47. The zero-order chi connectivity index (χ0) is 20.1. The molecule has 3 rings (SSSR count). The van der Waals surface area contributed by atoms with Crippen molar-refractivity contribution in [3.05, 3.63) is 47.0 Å². The Kier molecular flexibility index (Phi) is 6.23. The van der Waals surface area contributed by atoms with Gasteiger partial charge in [0.05, 0.1) is 11.1 Å². The van der Waals surface area contributed by atoms with Gasteiger partial charge in [0.15, 0.2) is 6.61 Å². The van der Waals surface area contributed by atoms with Crippen LogP contribution >= 0.6 is 0 Å². The molecule has 1 aromatic rings. The van der Waals surface area contributed by atoms with Crippen LogP contribution in [0.15, 0.2) is 35.9 Å². The highest BCUT2D eigenvalue weighted by Gasteiger charge is 2.41. The third-order valence-corrected chi connectivity index (χ3v) is 5.05. The summed E-state index contributed by atoms with van der Waals surface area (Å²) in [5.74, 6) is -2.26. The van der Waals surface area contributed by atoms with Crippen LogP contribution < -0.4 is 5.32 Å². The average Bonchev–Trinajstić information content (AvgIpc) is 2.97. The molecule has 1 aromatic carbocycles. The highest BCUT2D eigenvalue weighted by molar-refractivity contribution is 6.22. The van der Waals surface area contributed by atoms with Crippen molar-refractivity contribution in [2.75, 3.05) is 13.2 Å². The van der Waals surface area contributed by atoms with Gasteiger partial charge in [0, 0.05) is 6.54 Å². The summed E-state index contributed by atoms with van der Waals surface area (Å²) < 4.78 is 5.00. The predicted molar refractivity (Wildman–Crippen MR) is 102 cm³/mol. The first-order valence-electron chi connectivity index (χ1n) is 9.57. The second-order valence-electron chi connectivity index (χ2n) is 7.02. The smallest absolute Gasteiger partial charge is 0.329 e. The maximum Gasteiger partial charge on any atom is 0.329 e. The van der Waals surface area contributed by atoms with Crippen LogP contribution in [0, 0.1) is 0 Å². The van der Waals surface area contributed by atoms with E-state index in [1.165, 1.54) is 25.3 Å². The number of allylic oxidation sites excluding steroid dienone is 1. The lowest BCUT2D eigenvalue weighted by atomic mass is 9.97. The summed E-state index contributed by atoms with van der Waals surface area (Å²) in [5.41, 5.74) is 1.88. The molecule has 7 nitrogen and oxygen atoms in total. The van der Waals surface area contributed by atoms with E-state index in [2.05, 4.69) is 11.4 Å². The Balaban J connectivity index is 1.45. The summed E-state index contributed by atoms with van der Waals surface area (Å²) in [6.45, 7) is 1.47. The lowest BCUT2D eigenvalue weighted by molar-refractivity contribution is -0.151. The van der Waals surface area contributed by atoms with Crippen LogP contribution in [0.5, 0.6) is 0 Å². The number of nitrogens with zero attached hydrogens (tertiary/aromatic N) is 1. The zero-order valence-electron chi connectivity index (χ0n) is 15.9. The number of imide groups is 1. The topological polar surface area (TPSA) is 92.8 Å². The summed E-state index contributed by atoms with van der Waals surface area (Å²) in [7, 11) is 0. The lowest BCUT2D eigenvalue weighted by Gasteiger charge is -2.20. The van der Waals surface area contributed by atoms with Crippen molar-refractivity contribution in [3.63, 3.8) is 0 Å². The van der Waals surface area contributed by atoms with Crippen LogP contribution in [0.3, 0.4) is 0 Å². The normalized spacial score (nSPS) is 17.0. The Labute approximate surface area is 163 Å². The van der Waals surface area contributed by atoms with Crippen molar-refractivity contribution >= 4 is 23.7 Å². The van der Waals surface area contributed by atoms with E-state index >= 15 is 0 Å². The largest absolute Gasteiger partial charge is 0.454 e. The molecule has 0 radical (unpaired) electrons. The van der Waals surface area contributed by atoms with Crippen LogP contribution in [0.4, 0.5) is 0 Å². The number of rotatable bonds is 7. The number of carbonyl (C=O) groups excluding carboxylic acids is 4. The Hall–Kier alpha value is -2.96. The van der Waals surface area contributed by atoms with Crippen molar-refractivity contribution in [2.45, 2.75) is 45.1 Å². The second kappa shape index (κ2) is 8.82. The third-order valence-electron chi connectivity index (χ3n) is 5.05. The van der Waals surface area contributed by atoms with Crippen molar-refractivity contribution in [3.8, 4) is 0 Å². The molecule has 0 spiro atoms. The van der Waals surface area contributed by atoms with E-state index in [1.54, 1.807) is 24.3 Å². The molecule has 3 amide bonds. The molecule has 0 unspecified atom stereocenters. The Morgan fingerprint density at radius 3 is 2.43 bits per heavy atom. The van der Waals surface area contributed by atoms with E-state index in [0.29, 0.717) is 6.54 Å². The minimum Gasteiger partial charge on any atom is -0.454 e. The summed E-state index contributed by atoms with van der Waals surface area (Å²) in [6.07, 6.45) is 7.59. The standard InChI is InChI=1S/C21H24N2O5/c1-14(23-19(25)16-9-5-6-10-17(16)20(23)26)21(27)28-13-18(24)22-12-11-15-7-3-2-4-8-15/h5-7,9-10,14H,2-4,8,11-13H2,1H3,(H,22,24)/t14-/m0/s1. The Bertz CT molecular complexity index is 795. The minimum atomic E-state index is -1.10. The molecule has 0 saturated heterocycles. The highest BCUT2D eigenvalue weighted by Crippen LogP contribution is 2.24. The first kappa shape index (κ1) is 19.8. The first-order chi connectivity index (χ1) is 13.5. The summed E-state index contributed by atoms with van der Waals surface area (Å²) >= 11 is 0. The second-order valence-corrected chi connectivity index (χ2v) is 7.02. The fraction of sp³-hybridized carbons (Fsp3) is 0.429. The number of hydrogen-bond donors (Lipinski definition) is 1. The van der Waals surface area contributed by atoms with Crippen molar-refractivity contribution < 1.29 is 23.9 Å². The minimum absolute atomic E-state index is 0.266. The van der Waals surface area contributed by atoms with Crippen LogP contribution in [-0.2, 0) is 14.3 Å². The van der Waals surface area contributed by atoms with Gasteiger partial charge in [0.25, 0.3) is 17.7 Å². The van der Waals surface area contributed by atoms with E-state index < -0.39 is 36.3 Å². The quantitative estimate of drug-likeness (QED) is 0.442. The van der Waals surface area contributed by atoms with E-state index in [4.69, 9.17) is 4.74 Å². The van der Waals surface area contributed by atoms with Gasteiger partial charge in [0.1, 0.15) is 6.04 Å². The number of benzene rings is 1. The monoisotopic (exact) mass is 384 g/mol. The molecular formula is C21H24N2O5. The van der Waals surface area contributed by atoms with Gasteiger partial charge in [-0.3, -0.25) is 19.3 Å². The molecule has 1 atom stereocenters. The van der Waals surface area contributed by atoms with Gasteiger partial charge in [-0.25, -0.2) is 4.79 Å². The van der Waals surface area contributed by atoms with Gasteiger partial charge in [-0.15, -0.1) is 0 Å². The number of nitrogens with one attached hydrogen (secondary N) is 1. The highest BCUT2D eigenvalue weighted by atomic mass is 16.5. The van der Waals surface area contributed by atoms with Crippen LogP contribution in [0.1, 0.15) is 59.7 Å². The SMILES string of the molecule is C[C@@H](C(=O)OCC(=O)NCCC1=CCCCC1)N1C(=O)c2ccccc2C1=O. The molecule has 2 aliphatic rings. The van der Waals surface area contributed by atoms with E-state index in [1.807, 2.05) is 0 Å². The number of esters is 1. The van der Waals surface area contributed by atoms with Crippen molar-refractivity contribution in [1.82, 2.24) is 10.2 Å². The molecule has 1 N–H and O–H groups in total. The Morgan fingerprint density at radius 1 is 1.14 bits per heavy atom. The number of ether oxygens (including phenoxy) is 1. The van der Waals surface area contributed by atoms with E-state index in [9.17, 15) is 19.2 Å². The third kappa shape index (κ3) is 4.30. The molecular weight excluding hydrogens is 360 g/mol. The molecule has 0 aromatic heterocycles. The average molecular weight is 384 g/mol. The van der Waals surface area contributed by atoms with Gasteiger partial charge >= 0.3 is 5.97 Å². The number of amides is 3. The van der Waals surface area contributed by atoms with Gasteiger partial charge in [-0.1, -0.05) is 23.8 Å². The predicted octanol–water partition coefficient (Wildman–Crippen LogP) is 2.22.